The zero-order valence-corrected chi connectivity index (χ0v) is 15.1. The predicted molar refractivity (Wildman–Crippen MR) is 92.9 cm³/mol. The maximum Gasteiger partial charge on any atom is 0.317 e. The molecule has 2 aromatic rings. The molecule has 1 N–H and O–H groups in total. The molecular formula is C17H26N6O2. The standard InChI is InChI=1S/C17H26N6O2/c1-21(2)12-15-19-20-16(22(15)3)13-6-4-8-23(11-13)17(24)18-10-14-7-5-9-25-14/h5,7,9,13H,4,6,8,10-12H2,1-3H3,(H,18,24)/t13-/m0/s1. The SMILES string of the molecule is CN(C)Cc1nnc([C@H]2CCCN(C(=O)NCc3ccco3)C2)n1C. The molecule has 2 aromatic heterocycles. The van der Waals surface area contributed by atoms with Gasteiger partial charge in [-0.1, -0.05) is 0 Å². The lowest BCUT2D eigenvalue weighted by atomic mass is 9.97. The van der Waals surface area contributed by atoms with E-state index in [4.69, 9.17) is 4.42 Å². The fourth-order valence-corrected chi connectivity index (χ4v) is 3.21. The summed E-state index contributed by atoms with van der Waals surface area (Å²) in [5.41, 5.74) is 0. The maximum atomic E-state index is 12.4. The Hall–Kier alpha value is -2.35. The van der Waals surface area contributed by atoms with E-state index in [0.717, 1.165) is 43.3 Å². The first-order chi connectivity index (χ1) is 12.0. The van der Waals surface area contributed by atoms with Crippen molar-refractivity contribution < 1.29 is 9.21 Å². The molecule has 0 saturated carbocycles. The van der Waals surface area contributed by atoms with Crippen molar-refractivity contribution >= 4 is 6.03 Å². The molecule has 3 heterocycles. The number of nitrogens with one attached hydrogen (secondary N) is 1. The average Bonchev–Trinajstić information content (AvgIpc) is 3.23. The van der Waals surface area contributed by atoms with Crippen LogP contribution in [0.15, 0.2) is 22.8 Å². The quantitative estimate of drug-likeness (QED) is 0.889. The molecule has 1 aliphatic heterocycles. The zero-order valence-electron chi connectivity index (χ0n) is 15.1. The fraction of sp³-hybridized carbons (Fsp3) is 0.588. The molecule has 1 atom stereocenters. The lowest BCUT2D eigenvalue weighted by molar-refractivity contribution is 0.176. The number of likely N-dealkylation sites (tertiary alicyclic amines) is 1. The van der Waals surface area contributed by atoms with Crippen LogP contribution in [0, 0.1) is 0 Å². The number of carbonyl (C=O) groups is 1. The van der Waals surface area contributed by atoms with Gasteiger partial charge in [-0.3, -0.25) is 0 Å². The lowest BCUT2D eigenvalue weighted by Gasteiger charge is -2.32. The largest absolute Gasteiger partial charge is 0.467 e. The van der Waals surface area contributed by atoms with E-state index in [1.54, 1.807) is 6.26 Å². The summed E-state index contributed by atoms with van der Waals surface area (Å²) >= 11 is 0. The Balaban J connectivity index is 1.61. The van der Waals surface area contributed by atoms with Gasteiger partial charge in [0.25, 0.3) is 0 Å². The summed E-state index contributed by atoms with van der Waals surface area (Å²) in [6.07, 6.45) is 3.60. The van der Waals surface area contributed by atoms with E-state index in [1.807, 2.05) is 38.2 Å². The molecule has 8 nitrogen and oxygen atoms in total. The first kappa shape index (κ1) is 17.5. The van der Waals surface area contributed by atoms with Crippen LogP contribution in [0.1, 0.15) is 36.2 Å². The number of urea groups is 1. The van der Waals surface area contributed by atoms with Crippen molar-refractivity contribution in [2.45, 2.75) is 31.8 Å². The van der Waals surface area contributed by atoms with Crippen molar-refractivity contribution in [2.24, 2.45) is 7.05 Å². The van der Waals surface area contributed by atoms with E-state index in [0.29, 0.717) is 13.1 Å². The summed E-state index contributed by atoms with van der Waals surface area (Å²) < 4.78 is 7.32. The molecular weight excluding hydrogens is 320 g/mol. The van der Waals surface area contributed by atoms with Crippen LogP contribution >= 0.6 is 0 Å². The molecule has 0 spiro atoms. The third-order valence-electron chi connectivity index (χ3n) is 4.52. The van der Waals surface area contributed by atoms with Crippen LogP contribution in [-0.2, 0) is 20.1 Å². The molecule has 1 saturated heterocycles. The van der Waals surface area contributed by atoms with Gasteiger partial charge in [-0.2, -0.15) is 0 Å². The molecule has 0 aliphatic carbocycles. The van der Waals surface area contributed by atoms with Crippen molar-refractivity contribution in [3.8, 4) is 0 Å². The number of rotatable bonds is 5. The van der Waals surface area contributed by atoms with Crippen molar-refractivity contribution in [1.82, 2.24) is 29.9 Å². The molecule has 3 rings (SSSR count). The van der Waals surface area contributed by atoms with Gasteiger partial charge in [0.15, 0.2) is 0 Å². The summed E-state index contributed by atoms with van der Waals surface area (Å²) in [5, 5.41) is 11.6. The highest BCUT2D eigenvalue weighted by Gasteiger charge is 2.28. The highest BCUT2D eigenvalue weighted by Crippen LogP contribution is 2.26. The van der Waals surface area contributed by atoms with Crippen LogP contribution in [0.5, 0.6) is 0 Å². The molecule has 2 amide bonds. The minimum absolute atomic E-state index is 0.0585. The Labute approximate surface area is 147 Å². The smallest absolute Gasteiger partial charge is 0.317 e. The Kier molecular flexibility index (Phi) is 5.37. The number of piperidine rings is 1. The lowest BCUT2D eigenvalue weighted by Crippen LogP contribution is -2.45. The van der Waals surface area contributed by atoms with Crippen LogP contribution < -0.4 is 5.32 Å². The minimum Gasteiger partial charge on any atom is -0.467 e. The number of nitrogens with zero attached hydrogens (tertiary/aromatic N) is 5. The fourth-order valence-electron chi connectivity index (χ4n) is 3.21. The zero-order chi connectivity index (χ0) is 17.8. The molecule has 1 fully saturated rings. The first-order valence-corrected chi connectivity index (χ1v) is 8.62. The second kappa shape index (κ2) is 7.69. The van der Waals surface area contributed by atoms with Crippen molar-refractivity contribution in [3.63, 3.8) is 0 Å². The Morgan fingerprint density at radius 2 is 2.28 bits per heavy atom. The van der Waals surface area contributed by atoms with Gasteiger partial charge in [0.05, 0.1) is 19.4 Å². The molecule has 0 radical (unpaired) electrons. The normalized spacial score (nSPS) is 17.9. The van der Waals surface area contributed by atoms with Gasteiger partial charge >= 0.3 is 6.03 Å². The second-order valence-electron chi connectivity index (χ2n) is 6.79. The topological polar surface area (TPSA) is 79.4 Å². The Morgan fingerprint density at radius 3 is 3.00 bits per heavy atom. The summed E-state index contributed by atoms with van der Waals surface area (Å²) in [7, 11) is 6.03. The van der Waals surface area contributed by atoms with Gasteiger partial charge in [-0.15, -0.1) is 10.2 Å². The second-order valence-corrected chi connectivity index (χ2v) is 6.79. The molecule has 0 aromatic carbocycles. The van der Waals surface area contributed by atoms with Crippen molar-refractivity contribution in [2.75, 3.05) is 27.2 Å². The van der Waals surface area contributed by atoms with E-state index >= 15 is 0 Å². The van der Waals surface area contributed by atoms with E-state index in [9.17, 15) is 4.79 Å². The van der Waals surface area contributed by atoms with Crippen LogP contribution in [0.4, 0.5) is 4.79 Å². The number of hydrogen-bond acceptors (Lipinski definition) is 5. The number of hydrogen-bond donors (Lipinski definition) is 1. The summed E-state index contributed by atoms with van der Waals surface area (Å²) in [4.78, 5) is 16.4. The first-order valence-electron chi connectivity index (χ1n) is 8.62. The van der Waals surface area contributed by atoms with Gasteiger partial charge in [0.2, 0.25) is 0 Å². The number of carbonyl (C=O) groups excluding carboxylic acids is 1. The summed E-state index contributed by atoms with van der Waals surface area (Å²) in [6.45, 7) is 2.59. The minimum atomic E-state index is -0.0585. The van der Waals surface area contributed by atoms with E-state index < -0.39 is 0 Å². The molecule has 25 heavy (non-hydrogen) atoms. The summed E-state index contributed by atoms with van der Waals surface area (Å²) in [5.74, 6) is 2.87. The molecule has 8 heteroatoms. The van der Waals surface area contributed by atoms with Gasteiger partial charge in [0, 0.05) is 26.1 Å². The maximum absolute atomic E-state index is 12.4. The molecule has 0 bridgehead atoms. The van der Waals surface area contributed by atoms with Crippen molar-refractivity contribution in [1.29, 1.82) is 0 Å². The van der Waals surface area contributed by atoms with Gasteiger partial charge in [-0.25, -0.2) is 4.79 Å². The summed E-state index contributed by atoms with van der Waals surface area (Å²) in [6, 6.07) is 3.61. The van der Waals surface area contributed by atoms with Gasteiger partial charge in [-0.05, 0) is 39.1 Å². The van der Waals surface area contributed by atoms with Gasteiger partial charge < -0.3 is 24.1 Å². The predicted octanol–water partition coefficient (Wildman–Crippen LogP) is 1.56. The van der Waals surface area contributed by atoms with E-state index in [2.05, 4.69) is 25.0 Å². The average molecular weight is 346 g/mol. The van der Waals surface area contributed by atoms with Gasteiger partial charge in [0.1, 0.15) is 17.4 Å². The third kappa shape index (κ3) is 4.19. The highest BCUT2D eigenvalue weighted by molar-refractivity contribution is 5.74. The number of furan rings is 1. The molecule has 0 unspecified atom stereocenters. The van der Waals surface area contributed by atoms with Crippen LogP contribution in [-0.4, -0.2) is 57.8 Å². The highest BCUT2D eigenvalue weighted by atomic mass is 16.3. The Morgan fingerprint density at radius 1 is 1.44 bits per heavy atom. The van der Waals surface area contributed by atoms with E-state index in [-0.39, 0.29) is 11.9 Å². The number of amides is 2. The monoisotopic (exact) mass is 346 g/mol. The van der Waals surface area contributed by atoms with Crippen LogP contribution in [0.25, 0.3) is 0 Å². The van der Waals surface area contributed by atoms with Crippen molar-refractivity contribution in [3.05, 3.63) is 35.8 Å². The molecule has 1 aliphatic rings. The van der Waals surface area contributed by atoms with Crippen LogP contribution in [0.2, 0.25) is 0 Å². The van der Waals surface area contributed by atoms with Crippen LogP contribution in [0.3, 0.4) is 0 Å². The Bertz CT molecular complexity index is 694. The van der Waals surface area contributed by atoms with E-state index in [1.165, 1.54) is 0 Å². The molecule has 136 valence electrons. The third-order valence-corrected chi connectivity index (χ3v) is 4.52. The number of aromatic nitrogens is 3.